The number of rotatable bonds is 4. The topological polar surface area (TPSA) is 77.9 Å². The van der Waals surface area contributed by atoms with Gasteiger partial charge in [0.1, 0.15) is 12.1 Å². The SMILES string of the molecule is CC(C)C(=O)N1CCCCC1C(=O)N(C)C(C)C(=O)O. The van der Waals surface area contributed by atoms with Crippen molar-refractivity contribution in [3.8, 4) is 0 Å². The van der Waals surface area contributed by atoms with E-state index in [-0.39, 0.29) is 17.7 Å². The first-order valence-corrected chi connectivity index (χ1v) is 7.07. The van der Waals surface area contributed by atoms with Gasteiger partial charge in [0.15, 0.2) is 0 Å². The van der Waals surface area contributed by atoms with Crippen LogP contribution in [0, 0.1) is 5.92 Å². The molecular formula is C14H24N2O4. The Bertz CT molecular complexity index is 395. The molecule has 2 unspecified atom stereocenters. The second kappa shape index (κ2) is 6.72. The Morgan fingerprint density at radius 3 is 2.30 bits per heavy atom. The molecule has 1 rings (SSSR count). The van der Waals surface area contributed by atoms with Gasteiger partial charge in [-0.2, -0.15) is 0 Å². The zero-order valence-electron chi connectivity index (χ0n) is 12.6. The van der Waals surface area contributed by atoms with E-state index in [2.05, 4.69) is 0 Å². The largest absolute Gasteiger partial charge is 0.480 e. The maximum absolute atomic E-state index is 12.5. The van der Waals surface area contributed by atoms with Crippen molar-refractivity contribution in [2.24, 2.45) is 5.92 Å². The summed E-state index contributed by atoms with van der Waals surface area (Å²) >= 11 is 0. The third-order valence-electron chi connectivity index (χ3n) is 3.85. The van der Waals surface area contributed by atoms with Crippen LogP contribution in [0.2, 0.25) is 0 Å². The summed E-state index contributed by atoms with van der Waals surface area (Å²) in [6.45, 7) is 5.66. The number of carboxylic acids is 1. The zero-order valence-corrected chi connectivity index (χ0v) is 12.6. The minimum absolute atomic E-state index is 0.0422. The number of aliphatic carboxylic acids is 1. The lowest BCUT2D eigenvalue weighted by molar-refractivity contribution is -0.154. The minimum atomic E-state index is -1.04. The maximum atomic E-state index is 12.5. The molecule has 6 nitrogen and oxygen atoms in total. The van der Waals surface area contributed by atoms with E-state index < -0.39 is 18.1 Å². The molecule has 0 aromatic rings. The quantitative estimate of drug-likeness (QED) is 0.834. The van der Waals surface area contributed by atoms with E-state index in [4.69, 9.17) is 5.11 Å². The minimum Gasteiger partial charge on any atom is -0.480 e. The summed E-state index contributed by atoms with van der Waals surface area (Å²) in [6, 6.07) is -1.41. The second-order valence-electron chi connectivity index (χ2n) is 5.66. The fourth-order valence-corrected chi connectivity index (χ4v) is 2.38. The highest BCUT2D eigenvalue weighted by molar-refractivity contribution is 5.90. The van der Waals surface area contributed by atoms with E-state index in [9.17, 15) is 14.4 Å². The van der Waals surface area contributed by atoms with Crippen LogP contribution in [0.25, 0.3) is 0 Å². The summed E-state index contributed by atoms with van der Waals surface area (Å²) in [5, 5.41) is 8.99. The van der Waals surface area contributed by atoms with Crippen LogP contribution in [0.4, 0.5) is 0 Å². The number of carboxylic acid groups (broad SMARTS) is 1. The Hall–Kier alpha value is -1.59. The highest BCUT2D eigenvalue weighted by atomic mass is 16.4. The van der Waals surface area contributed by atoms with E-state index in [1.165, 1.54) is 18.9 Å². The van der Waals surface area contributed by atoms with Gasteiger partial charge in [0, 0.05) is 19.5 Å². The molecule has 1 fully saturated rings. The summed E-state index contributed by atoms with van der Waals surface area (Å²) in [5.41, 5.74) is 0. The van der Waals surface area contributed by atoms with Crippen LogP contribution in [-0.4, -0.2) is 58.4 Å². The van der Waals surface area contributed by atoms with Crippen LogP contribution in [0.1, 0.15) is 40.0 Å². The van der Waals surface area contributed by atoms with E-state index >= 15 is 0 Å². The van der Waals surface area contributed by atoms with Gasteiger partial charge in [0.05, 0.1) is 0 Å². The van der Waals surface area contributed by atoms with Crippen LogP contribution >= 0.6 is 0 Å². The van der Waals surface area contributed by atoms with E-state index in [1.54, 1.807) is 4.90 Å². The number of hydrogen-bond donors (Lipinski definition) is 1. The predicted molar refractivity (Wildman–Crippen MR) is 74.1 cm³/mol. The Balaban J connectivity index is 2.87. The average molecular weight is 284 g/mol. The molecule has 0 bridgehead atoms. The molecule has 0 aliphatic carbocycles. The fourth-order valence-electron chi connectivity index (χ4n) is 2.38. The fraction of sp³-hybridized carbons (Fsp3) is 0.786. The molecule has 20 heavy (non-hydrogen) atoms. The summed E-state index contributed by atoms with van der Waals surface area (Å²) in [6.07, 6.45) is 2.38. The smallest absolute Gasteiger partial charge is 0.326 e. The van der Waals surface area contributed by atoms with E-state index in [0.29, 0.717) is 13.0 Å². The molecule has 2 amide bonds. The predicted octanol–water partition coefficient (Wildman–Crippen LogP) is 0.955. The van der Waals surface area contributed by atoms with Gasteiger partial charge in [-0.3, -0.25) is 9.59 Å². The summed E-state index contributed by atoms with van der Waals surface area (Å²) in [5.74, 6) is -1.53. The van der Waals surface area contributed by atoms with Crippen molar-refractivity contribution < 1.29 is 19.5 Å². The Labute approximate surface area is 119 Å². The van der Waals surface area contributed by atoms with Gasteiger partial charge in [0.25, 0.3) is 0 Å². The number of likely N-dealkylation sites (tertiary alicyclic amines) is 1. The third kappa shape index (κ3) is 3.49. The summed E-state index contributed by atoms with van der Waals surface area (Å²) in [7, 11) is 1.48. The van der Waals surface area contributed by atoms with Crippen molar-refractivity contribution in [3.63, 3.8) is 0 Å². The molecule has 1 heterocycles. The Morgan fingerprint density at radius 1 is 1.20 bits per heavy atom. The normalized spacial score (nSPS) is 20.6. The number of likely N-dealkylation sites (N-methyl/N-ethyl adjacent to an activating group) is 1. The molecule has 1 N–H and O–H groups in total. The van der Waals surface area contributed by atoms with Crippen molar-refractivity contribution >= 4 is 17.8 Å². The molecule has 0 spiro atoms. The van der Waals surface area contributed by atoms with Gasteiger partial charge in [-0.1, -0.05) is 13.8 Å². The van der Waals surface area contributed by atoms with E-state index in [0.717, 1.165) is 12.8 Å². The van der Waals surface area contributed by atoms with Crippen molar-refractivity contribution in [2.75, 3.05) is 13.6 Å². The lowest BCUT2D eigenvalue weighted by Gasteiger charge is -2.38. The van der Waals surface area contributed by atoms with Gasteiger partial charge in [-0.25, -0.2) is 4.79 Å². The van der Waals surface area contributed by atoms with Crippen molar-refractivity contribution in [3.05, 3.63) is 0 Å². The number of hydrogen-bond acceptors (Lipinski definition) is 3. The summed E-state index contributed by atoms with van der Waals surface area (Å²) < 4.78 is 0. The van der Waals surface area contributed by atoms with Crippen LogP contribution in [-0.2, 0) is 14.4 Å². The highest BCUT2D eigenvalue weighted by Crippen LogP contribution is 2.21. The molecular weight excluding hydrogens is 260 g/mol. The van der Waals surface area contributed by atoms with Gasteiger partial charge < -0.3 is 14.9 Å². The summed E-state index contributed by atoms with van der Waals surface area (Å²) in [4.78, 5) is 38.4. The molecule has 1 aliphatic heterocycles. The van der Waals surface area contributed by atoms with Crippen molar-refractivity contribution in [1.29, 1.82) is 0 Å². The molecule has 0 aromatic heterocycles. The lowest BCUT2D eigenvalue weighted by Crippen LogP contribution is -2.55. The Morgan fingerprint density at radius 2 is 1.80 bits per heavy atom. The first-order chi connectivity index (χ1) is 9.27. The Kier molecular flexibility index (Phi) is 5.53. The average Bonchev–Trinajstić information content (AvgIpc) is 2.43. The van der Waals surface area contributed by atoms with Gasteiger partial charge in [-0.15, -0.1) is 0 Å². The monoisotopic (exact) mass is 284 g/mol. The molecule has 6 heteroatoms. The van der Waals surface area contributed by atoms with Crippen molar-refractivity contribution in [1.82, 2.24) is 9.80 Å². The molecule has 0 saturated carbocycles. The van der Waals surface area contributed by atoms with Crippen LogP contribution in [0.15, 0.2) is 0 Å². The van der Waals surface area contributed by atoms with Crippen LogP contribution < -0.4 is 0 Å². The number of piperidine rings is 1. The first-order valence-electron chi connectivity index (χ1n) is 7.07. The van der Waals surface area contributed by atoms with Crippen LogP contribution in [0.5, 0.6) is 0 Å². The van der Waals surface area contributed by atoms with Gasteiger partial charge in [-0.05, 0) is 26.2 Å². The number of carbonyl (C=O) groups is 3. The number of carbonyl (C=O) groups excluding carboxylic acids is 2. The molecule has 2 atom stereocenters. The molecule has 1 aliphatic rings. The molecule has 1 saturated heterocycles. The highest BCUT2D eigenvalue weighted by Gasteiger charge is 2.36. The first kappa shape index (κ1) is 16.5. The molecule has 0 aromatic carbocycles. The zero-order chi connectivity index (χ0) is 15.4. The standard InChI is InChI=1S/C14H24N2O4/c1-9(2)12(17)16-8-6-5-7-11(16)13(18)15(4)10(3)14(19)20/h9-11H,5-8H2,1-4H3,(H,19,20). The lowest BCUT2D eigenvalue weighted by atomic mass is 9.98. The van der Waals surface area contributed by atoms with Gasteiger partial charge in [0.2, 0.25) is 11.8 Å². The maximum Gasteiger partial charge on any atom is 0.326 e. The number of amides is 2. The van der Waals surface area contributed by atoms with E-state index in [1.807, 2.05) is 13.8 Å². The second-order valence-corrected chi connectivity index (χ2v) is 5.66. The van der Waals surface area contributed by atoms with Crippen molar-refractivity contribution in [2.45, 2.75) is 52.1 Å². The molecule has 114 valence electrons. The third-order valence-corrected chi connectivity index (χ3v) is 3.85. The van der Waals surface area contributed by atoms with Gasteiger partial charge >= 0.3 is 5.97 Å². The molecule has 0 radical (unpaired) electrons. The number of nitrogens with zero attached hydrogens (tertiary/aromatic N) is 2. The van der Waals surface area contributed by atoms with Crippen LogP contribution in [0.3, 0.4) is 0 Å².